The van der Waals surface area contributed by atoms with Gasteiger partial charge in [0.05, 0.1) is 30.8 Å². The molecule has 0 atom stereocenters. The predicted octanol–water partition coefficient (Wildman–Crippen LogP) is 5.04. The Morgan fingerprint density at radius 3 is 2.39 bits per heavy atom. The number of urea groups is 1. The molecule has 0 saturated carbocycles. The van der Waals surface area contributed by atoms with Gasteiger partial charge in [0.15, 0.2) is 5.82 Å². The first-order valence-corrected chi connectivity index (χ1v) is 13.8. The van der Waals surface area contributed by atoms with Crippen molar-refractivity contribution >= 4 is 41.1 Å². The lowest BCUT2D eigenvalue weighted by Gasteiger charge is -2.20. The van der Waals surface area contributed by atoms with Crippen LogP contribution < -0.4 is 16.0 Å². The van der Waals surface area contributed by atoms with Gasteiger partial charge in [0.25, 0.3) is 5.91 Å². The van der Waals surface area contributed by atoms with Gasteiger partial charge >= 0.3 is 12.1 Å². The van der Waals surface area contributed by atoms with E-state index in [2.05, 4.69) is 21.0 Å². The van der Waals surface area contributed by atoms with Crippen molar-refractivity contribution in [3.63, 3.8) is 0 Å². The highest BCUT2D eigenvalue weighted by molar-refractivity contribution is 6.09. The molecular formula is C30H34N6O5. The minimum atomic E-state index is -0.696. The number of carbonyl (C=O) groups excluding carboxylic acids is 4. The van der Waals surface area contributed by atoms with E-state index in [0.29, 0.717) is 22.5 Å². The summed E-state index contributed by atoms with van der Waals surface area (Å²) in [4.78, 5) is 53.3. The Kier molecular flexibility index (Phi) is 7.29. The SMILES string of the molecule is CCOC(=O)n1nc(NC(=O)c2ccc3c(c2)NC(=O)C3(C)C)c2c1CN(C(=O)Nc1c(CC)cccc1CC)C2. The topological polar surface area (TPSA) is 135 Å². The number of fused-ring (bicyclic) bond motifs is 2. The summed E-state index contributed by atoms with van der Waals surface area (Å²) in [5.74, 6) is -0.432. The van der Waals surface area contributed by atoms with E-state index in [0.717, 1.165) is 39.9 Å². The molecule has 0 fully saturated rings. The van der Waals surface area contributed by atoms with Crippen molar-refractivity contribution in [1.82, 2.24) is 14.7 Å². The molecule has 11 heteroatoms. The summed E-state index contributed by atoms with van der Waals surface area (Å²) in [7, 11) is 0. The zero-order valence-corrected chi connectivity index (χ0v) is 23.9. The van der Waals surface area contributed by atoms with Gasteiger partial charge in [-0.3, -0.25) is 9.59 Å². The third-order valence-electron chi connectivity index (χ3n) is 7.74. The molecule has 3 N–H and O–H groups in total. The van der Waals surface area contributed by atoms with Crippen LogP contribution in [0.3, 0.4) is 0 Å². The quantitative estimate of drug-likeness (QED) is 0.388. The van der Waals surface area contributed by atoms with Gasteiger partial charge in [0, 0.05) is 22.5 Å². The van der Waals surface area contributed by atoms with E-state index in [4.69, 9.17) is 4.74 Å². The van der Waals surface area contributed by atoms with E-state index in [-0.39, 0.29) is 37.5 Å². The molecular weight excluding hydrogens is 524 g/mol. The molecule has 3 heterocycles. The number of anilines is 3. The molecule has 4 amide bonds. The summed E-state index contributed by atoms with van der Waals surface area (Å²) < 4.78 is 6.28. The fourth-order valence-electron chi connectivity index (χ4n) is 5.32. The second-order valence-corrected chi connectivity index (χ2v) is 10.6. The molecule has 0 bridgehead atoms. The Bertz CT molecular complexity index is 1550. The van der Waals surface area contributed by atoms with E-state index >= 15 is 0 Å². The summed E-state index contributed by atoms with van der Waals surface area (Å²) >= 11 is 0. The normalized spacial score (nSPS) is 14.8. The van der Waals surface area contributed by atoms with Crippen molar-refractivity contribution in [2.45, 2.75) is 66.0 Å². The Hall–Kier alpha value is -4.67. The van der Waals surface area contributed by atoms with Crippen molar-refractivity contribution in [1.29, 1.82) is 0 Å². The Labute approximate surface area is 238 Å². The van der Waals surface area contributed by atoms with Crippen molar-refractivity contribution in [3.05, 3.63) is 69.9 Å². The lowest BCUT2D eigenvalue weighted by atomic mass is 9.86. The Morgan fingerprint density at radius 1 is 1.02 bits per heavy atom. The molecule has 0 spiro atoms. The fraction of sp³-hybridized carbons (Fsp3) is 0.367. The maximum atomic E-state index is 13.4. The number of ether oxygens (including phenoxy) is 1. The number of hydrogen-bond donors (Lipinski definition) is 3. The Balaban J connectivity index is 1.40. The minimum absolute atomic E-state index is 0.110. The first kappa shape index (κ1) is 27.9. The van der Waals surface area contributed by atoms with Gasteiger partial charge < -0.3 is 25.6 Å². The smallest absolute Gasteiger partial charge is 0.435 e. The van der Waals surface area contributed by atoms with Gasteiger partial charge in [-0.1, -0.05) is 38.1 Å². The molecule has 1 aromatic heterocycles. The van der Waals surface area contributed by atoms with E-state index in [1.807, 2.05) is 45.9 Å². The van der Waals surface area contributed by atoms with Gasteiger partial charge in [0.2, 0.25) is 5.91 Å². The summed E-state index contributed by atoms with van der Waals surface area (Å²) in [5.41, 5.74) is 4.91. The van der Waals surface area contributed by atoms with Crippen LogP contribution in [0.2, 0.25) is 0 Å². The fourth-order valence-corrected chi connectivity index (χ4v) is 5.32. The third-order valence-corrected chi connectivity index (χ3v) is 7.74. The average Bonchev–Trinajstić information content (AvgIpc) is 3.59. The van der Waals surface area contributed by atoms with E-state index < -0.39 is 17.4 Å². The Morgan fingerprint density at radius 2 is 1.73 bits per heavy atom. The highest BCUT2D eigenvalue weighted by Crippen LogP contribution is 2.38. The number of aromatic nitrogens is 2. The number of carbonyl (C=O) groups is 4. The highest BCUT2D eigenvalue weighted by Gasteiger charge is 2.39. The molecule has 2 aromatic carbocycles. The first-order chi connectivity index (χ1) is 19.6. The van der Waals surface area contributed by atoms with Gasteiger partial charge in [0.1, 0.15) is 0 Å². The molecule has 3 aromatic rings. The lowest BCUT2D eigenvalue weighted by molar-refractivity contribution is -0.119. The van der Waals surface area contributed by atoms with Gasteiger partial charge in [-0.25, -0.2) is 9.59 Å². The van der Waals surface area contributed by atoms with Crippen molar-refractivity contribution < 1.29 is 23.9 Å². The van der Waals surface area contributed by atoms with Crippen molar-refractivity contribution in [3.8, 4) is 0 Å². The van der Waals surface area contributed by atoms with Gasteiger partial charge in [-0.15, -0.1) is 5.10 Å². The van der Waals surface area contributed by atoms with Crippen LogP contribution in [0.5, 0.6) is 0 Å². The standard InChI is InChI=1S/C30H34N6O5/c1-6-17-10-9-11-18(7-2)24(17)32-28(39)35-15-20-23(16-35)36(29(40)41-8-3)34-25(20)33-26(37)19-12-13-21-22(14-19)31-27(38)30(21,4)5/h9-14H,6-8,15-16H2,1-5H3,(H,31,38)(H,32,39)(H,33,34,37). The summed E-state index contributed by atoms with van der Waals surface area (Å²) in [5, 5.41) is 13.0. The van der Waals surface area contributed by atoms with Crippen LogP contribution in [0.15, 0.2) is 36.4 Å². The average molecular weight is 559 g/mol. The maximum Gasteiger partial charge on any atom is 0.435 e. The van der Waals surface area contributed by atoms with Crippen LogP contribution in [-0.4, -0.2) is 45.2 Å². The molecule has 0 aliphatic carbocycles. The molecule has 11 nitrogen and oxygen atoms in total. The third kappa shape index (κ3) is 4.92. The number of aryl methyl sites for hydroxylation is 2. The number of nitrogens with one attached hydrogen (secondary N) is 3. The zero-order chi connectivity index (χ0) is 29.5. The number of para-hydroxylation sites is 1. The monoisotopic (exact) mass is 558 g/mol. The number of rotatable bonds is 6. The zero-order valence-electron chi connectivity index (χ0n) is 23.9. The van der Waals surface area contributed by atoms with Crippen LogP contribution in [-0.2, 0) is 40.9 Å². The summed E-state index contributed by atoms with van der Waals surface area (Å²) in [6.07, 6.45) is 0.835. The van der Waals surface area contributed by atoms with Crippen LogP contribution in [0, 0.1) is 0 Å². The first-order valence-electron chi connectivity index (χ1n) is 13.8. The summed E-state index contributed by atoms with van der Waals surface area (Å²) in [6, 6.07) is 10.7. The van der Waals surface area contributed by atoms with Gasteiger partial charge in [-0.2, -0.15) is 4.68 Å². The van der Waals surface area contributed by atoms with Crippen LogP contribution in [0.1, 0.15) is 72.9 Å². The van der Waals surface area contributed by atoms with E-state index in [1.54, 1.807) is 30.0 Å². The lowest BCUT2D eigenvalue weighted by Crippen LogP contribution is -2.32. The van der Waals surface area contributed by atoms with E-state index in [9.17, 15) is 19.2 Å². The molecule has 2 aliphatic rings. The largest absolute Gasteiger partial charge is 0.448 e. The van der Waals surface area contributed by atoms with Crippen LogP contribution in [0.25, 0.3) is 0 Å². The van der Waals surface area contributed by atoms with Crippen molar-refractivity contribution in [2.24, 2.45) is 0 Å². The van der Waals surface area contributed by atoms with Crippen LogP contribution >= 0.6 is 0 Å². The number of amides is 4. The number of benzene rings is 2. The second-order valence-electron chi connectivity index (χ2n) is 10.6. The minimum Gasteiger partial charge on any atom is -0.448 e. The summed E-state index contributed by atoms with van der Waals surface area (Å²) in [6.45, 7) is 9.80. The van der Waals surface area contributed by atoms with E-state index in [1.165, 1.54) is 0 Å². The van der Waals surface area contributed by atoms with Gasteiger partial charge in [-0.05, 0) is 62.4 Å². The molecule has 5 rings (SSSR count). The number of nitrogens with zero attached hydrogens (tertiary/aromatic N) is 3. The van der Waals surface area contributed by atoms with Crippen molar-refractivity contribution in [2.75, 3.05) is 22.6 Å². The molecule has 0 radical (unpaired) electrons. The molecule has 41 heavy (non-hydrogen) atoms. The predicted molar refractivity (Wildman–Crippen MR) is 154 cm³/mol. The molecule has 214 valence electrons. The highest BCUT2D eigenvalue weighted by atomic mass is 16.6. The maximum absolute atomic E-state index is 13.4. The number of hydrogen-bond acceptors (Lipinski definition) is 6. The second kappa shape index (κ2) is 10.7. The molecule has 0 saturated heterocycles. The van der Waals surface area contributed by atoms with Crippen LogP contribution in [0.4, 0.5) is 26.8 Å². The molecule has 2 aliphatic heterocycles. The molecule has 0 unspecified atom stereocenters.